The minimum absolute atomic E-state index is 0.106. The molecule has 0 radical (unpaired) electrons. The Morgan fingerprint density at radius 2 is 1.96 bits per heavy atom. The minimum atomic E-state index is -2.10. The summed E-state index contributed by atoms with van der Waals surface area (Å²) in [7, 11) is 1.58. The maximum atomic E-state index is 14.2. The van der Waals surface area contributed by atoms with E-state index in [1.807, 2.05) is 55.3 Å². The maximum absolute atomic E-state index is 14.2. The van der Waals surface area contributed by atoms with E-state index in [2.05, 4.69) is 48.5 Å². The highest BCUT2D eigenvalue weighted by Crippen LogP contribution is 2.42. The lowest BCUT2D eigenvalue weighted by molar-refractivity contribution is 0.0133. The third-order valence-electron chi connectivity index (χ3n) is 11.9. The van der Waals surface area contributed by atoms with Gasteiger partial charge in [-0.25, -0.2) is 0 Å². The van der Waals surface area contributed by atoms with Gasteiger partial charge in [0.25, 0.3) is 11.8 Å². The molecule has 1 saturated carbocycles. The van der Waals surface area contributed by atoms with E-state index in [4.69, 9.17) is 21.1 Å². The second kappa shape index (κ2) is 16.0. The van der Waals surface area contributed by atoms with Gasteiger partial charge in [-0.1, -0.05) is 36.7 Å². The summed E-state index contributed by atoms with van der Waals surface area (Å²) < 4.78 is 34.8. The molecule has 5 atom stereocenters. The van der Waals surface area contributed by atoms with Crippen molar-refractivity contribution in [3.8, 4) is 17.0 Å². The highest BCUT2D eigenvalue weighted by Gasteiger charge is 2.38. The lowest BCUT2D eigenvalue weighted by Crippen LogP contribution is -2.43. The molecule has 4 aromatic rings. The summed E-state index contributed by atoms with van der Waals surface area (Å²) in [5.41, 5.74) is 6.99. The zero-order valence-electron chi connectivity index (χ0n) is 31.6. The molecule has 0 saturated heterocycles. The van der Waals surface area contributed by atoms with Crippen LogP contribution in [0.1, 0.15) is 76.6 Å². The van der Waals surface area contributed by atoms with Crippen LogP contribution in [0.15, 0.2) is 71.4 Å². The first-order valence-electron chi connectivity index (χ1n) is 19.3. The van der Waals surface area contributed by atoms with Crippen molar-refractivity contribution in [3.63, 3.8) is 0 Å². The van der Waals surface area contributed by atoms with Crippen LogP contribution >= 0.6 is 11.6 Å². The normalized spacial score (nSPS) is 25.1. The maximum Gasteiger partial charge on any atom is 0.254 e. The molecule has 2 aromatic heterocycles. The summed E-state index contributed by atoms with van der Waals surface area (Å²) in [5, 5.41) is 7.22. The van der Waals surface area contributed by atoms with Gasteiger partial charge < -0.3 is 32.8 Å². The summed E-state index contributed by atoms with van der Waals surface area (Å²) in [5.74, 6) is 0.0376. The average molecular weight is 784 g/mol. The van der Waals surface area contributed by atoms with Crippen molar-refractivity contribution < 1.29 is 23.3 Å². The monoisotopic (exact) mass is 783 g/mol. The molecule has 2 aromatic carbocycles. The van der Waals surface area contributed by atoms with Gasteiger partial charge in [-0.2, -0.15) is 15.7 Å². The Balaban J connectivity index is 1.16. The summed E-state index contributed by atoms with van der Waals surface area (Å²) in [4.78, 5) is 30.2. The fraction of sp³-hybridized carbons (Fsp3) is 0.452. The standard InChI is InChI=1S/C42H48ClN6O5S/c1-26-7-6-9-38(53-3)33-14-11-30(33)24-49-23-29-10-13-32(43)19-27(29)8-4-5-18-54-39-15-12-28(20-37(39)49)41(51)46-55(52)42(26)45-40(50)31-21-36-34-22-44-47(2)35(34)16-17-48(36)25-31/h6,9-10,12-13,15,19-22,25-26,30,33,38,42H,4-5,7-8,11,14,16-18,23-24H2,1-3H3,(H,45,50)/q-1/b9-6+/t26-,30-,33+,38-,42?/m0/s1. The molecule has 1 N–H and O–H groups in total. The van der Waals surface area contributed by atoms with Crippen LogP contribution in [0.4, 0.5) is 5.69 Å². The Hall–Kier alpha value is -4.39. The average Bonchev–Trinajstić information content (AvgIpc) is 3.77. The smallest absolute Gasteiger partial charge is 0.254 e. The number of ether oxygens (including phenoxy) is 2. The number of allylic oxidation sites excluding steroid dienone is 1. The topological polar surface area (TPSA) is 120 Å². The van der Waals surface area contributed by atoms with Crippen molar-refractivity contribution in [1.82, 2.24) is 19.7 Å². The third kappa shape index (κ3) is 7.73. The molecule has 4 aliphatic rings. The highest BCUT2D eigenvalue weighted by molar-refractivity contribution is 7.75. The van der Waals surface area contributed by atoms with Gasteiger partial charge in [-0.05, 0) is 109 Å². The Morgan fingerprint density at radius 3 is 2.78 bits per heavy atom. The number of nitrogens with zero attached hydrogens (tertiary/aromatic N) is 5. The highest BCUT2D eigenvalue weighted by atomic mass is 35.5. The second-order valence-electron chi connectivity index (χ2n) is 15.4. The van der Waals surface area contributed by atoms with Gasteiger partial charge >= 0.3 is 0 Å². The van der Waals surface area contributed by atoms with E-state index in [0.717, 1.165) is 79.3 Å². The molecule has 1 aliphatic carbocycles. The van der Waals surface area contributed by atoms with E-state index in [0.29, 0.717) is 48.3 Å². The number of fused-ring (bicyclic) bond motifs is 6. The van der Waals surface area contributed by atoms with Crippen molar-refractivity contribution in [2.24, 2.45) is 29.2 Å². The number of amides is 2. The van der Waals surface area contributed by atoms with Gasteiger partial charge in [0.15, 0.2) is 0 Å². The lowest BCUT2D eigenvalue weighted by atomic mass is 9.70. The number of aromatic nitrogens is 3. The van der Waals surface area contributed by atoms with Gasteiger partial charge in [0.1, 0.15) is 5.75 Å². The number of methoxy groups -OCH3 is 1. The van der Waals surface area contributed by atoms with Crippen molar-refractivity contribution in [2.75, 3.05) is 25.2 Å². The Bertz CT molecular complexity index is 2220. The molecule has 3 aliphatic heterocycles. The van der Waals surface area contributed by atoms with Crippen molar-refractivity contribution in [2.45, 2.75) is 76.4 Å². The number of carbonyl (C=O) groups excluding carboxylic acids is 2. The SMILES string of the molecule is CO[C@H]1/C=C/C[C@H](C)C(NC(=O)c2cc3n(c2)CCc2c-3cnn2C)[S-](=O)=NC(=O)c2ccc3c(c2)N(Cc2ccc(Cl)cc2CCCCO3)C[C@@H]2CC[C@H]21. The second-order valence-corrected chi connectivity index (χ2v) is 17.1. The zero-order chi connectivity index (χ0) is 38.2. The number of benzene rings is 2. The number of carbonyl (C=O) groups is 2. The first kappa shape index (κ1) is 37.5. The number of nitrogens with one attached hydrogen (secondary N) is 1. The predicted octanol–water partition coefficient (Wildman–Crippen LogP) is 7.50. The molecule has 2 bridgehead atoms. The van der Waals surface area contributed by atoms with E-state index in [1.165, 1.54) is 11.1 Å². The molecule has 5 heterocycles. The lowest BCUT2D eigenvalue weighted by Gasteiger charge is -2.43. The summed E-state index contributed by atoms with van der Waals surface area (Å²) in [6, 6.07) is 13.3. The Morgan fingerprint density at radius 1 is 1.09 bits per heavy atom. The van der Waals surface area contributed by atoms with Crippen LogP contribution < -0.4 is 15.0 Å². The van der Waals surface area contributed by atoms with Crippen LogP contribution in [-0.2, 0) is 52.5 Å². The summed E-state index contributed by atoms with van der Waals surface area (Å²) in [6.07, 6.45) is 13.9. The van der Waals surface area contributed by atoms with Gasteiger partial charge in [-0.15, -0.1) is 0 Å². The third-order valence-corrected chi connectivity index (χ3v) is 13.5. The first-order valence-corrected chi connectivity index (χ1v) is 20.9. The summed E-state index contributed by atoms with van der Waals surface area (Å²) >= 11 is 6.48. The molecule has 1 unspecified atom stereocenters. The van der Waals surface area contributed by atoms with Gasteiger partial charge in [0.05, 0.1) is 35.9 Å². The number of hydrogen-bond acceptors (Lipinski definition) is 8. The van der Waals surface area contributed by atoms with Crippen molar-refractivity contribution >= 4 is 39.7 Å². The largest absolute Gasteiger partial charge is 0.491 e. The molecule has 8 rings (SSSR count). The van der Waals surface area contributed by atoms with Crippen molar-refractivity contribution in [1.29, 1.82) is 0 Å². The number of halogens is 1. The number of aryl methyl sites for hydroxylation is 3. The first-order chi connectivity index (χ1) is 26.7. The van der Waals surface area contributed by atoms with Crippen LogP contribution in [0.3, 0.4) is 0 Å². The summed E-state index contributed by atoms with van der Waals surface area (Å²) in [6.45, 7) is 4.54. The van der Waals surface area contributed by atoms with Gasteiger partial charge in [0.2, 0.25) is 0 Å². The zero-order valence-corrected chi connectivity index (χ0v) is 33.2. The Labute approximate surface area is 329 Å². The van der Waals surface area contributed by atoms with E-state index in [-0.39, 0.29) is 17.9 Å². The number of hydrogen-bond donors (Lipinski definition) is 1. The fourth-order valence-electron chi connectivity index (χ4n) is 8.58. The Kier molecular flexibility index (Phi) is 10.9. The molecule has 1 fully saturated rings. The number of rotatable bonds is 3. The van der Waals surface area contributed by atoms with Crippen LogP contribution in [0.25, 0.3) is 11.3 Å². The quantitative estimate of drug-likeness (QED) is 0.169. The predicted molar refractivity (Wildman–Crippen MR) is 214 cm³/mol. The van der Waals surface area contributed by atoms with Gasteiger partial charge in [-0.3, -0.25) is 14.3 Å². The van der Waals surface area contributed by atoms with E-state index in [9.17, 15) is 13.8 Å². The van der Waals surface area contributed by atoms with Crippen LogP contribution in [-0.4, -0.2) is 57.9 Å². The van der Waals surface area contributed by atoms with Crippen LogP contribution in [0.2, 0.25) is 5.02 Å². The molecule has 13 heteroatoms. The molecular weight excluding hydrogens is 736 g/mol. The molecule has 55 heavy (non-hydrogen) atoms. The molecule has 0 spiro atoms. The van der Waals surface area contributed by atoms with Crippen LogP contribution in [0, 0.1) is 17.8 Å². The molecular formula is C42H48ClN6O5S-. The van der Waals surface area contributed by atoms with E-state index in [1.54, 1.807) is 13.2 Å². The van der Waals surface area contributed by atoms with E-state index < -0.39 is 21.9 Å². The molecule has 290 valence electrons. The molecule has 2 amide bonds. The fourth-order valence-corrected chi connectivity index (χ4v) is 9.87. The van der Waals surface area contributed by atoms with Crippen molar-refractivity contribution in [3.05, 3.63) is 100.0 Å². The van der Waals surface area contributed by atoms with Gasteiger partial charge in [0, 0.05) is 68.3 Å². The minimum Gasteiger partial charge on any atom is -0.491 e. The molecule has 11 nitrogen and oxygen atoms in total. The van der Waals surface area contributed by atoms with E-state index >= 15 is 0 Å². The number of anilines is 1. The van der Waals surface area contributed by atoms with Crippen LogP contribution in [0.5, 0.6) is 5.75 Å².